The lowest BCUT2D eigenvalue weighted by Crippen LogP contribution is -2.36. The summed E-state index contributed by atoms with van der Waals surface area (Å²) in [5.74, 6) is -0.845. The molecule has 0 saturated carbocycles. The second-order valence-corrected chi connectivity index (χ2v) is 4.46. The normalized spacial score (nSPS) is 15.5. The van der Waals surface area contributed by atoms with E-state index in [-0.39, 0.29) is 11.4 Å². The SMILES string of the molecule is O=C(O)c1ncc2nc(N3CCOCC3)ccc2c1O. The first-order chi connectivity index (χ1) is 9.66. The zero-order valence-electron chi connectivity index (χ0n) is 10.6. The average molecular weight is 275 g/mol. The van der Waals surface area contributed by atoms with Gasteiger partial charge in [-0.2, -0.15) is 0 Å². The molecule has 0 aromatic carbocycles. The van der Waals surface area contributed by atoms with Crippen LogP contribution in [0, 0.1) is 0 Å². The van der Waals surface area contributed by atoms with Gasteiger partial charge in [-0.15, -0.1) is 0 Å². The fourth-order valence-electron chi connectivity index (χ4n) is 2.20. The number of carboxylic acid groups (broad SMARTS) is 1. The summed E-state index contributed by atoms with van der Waals surface area (Å²) in [6, 6.07) is 3.43. The number of aromatic nitrogens is 2. The molecule has 7 heteroatoms. The number of nitrogens with zero attached hydrogens (tertiary/aromatic N) is 3. The molecule has 3 rings (SSSR count). The number of morpholine rings is 1. The van der Waals surface area contributed by atoms with Crippen LogP contribution >= 0.6 is 0 Å². The minimum atomic E-state index is -1.26. The third-order valence-corrected chi connectivity index (χ3v) is 3.24. The third kappa shape index (κ3) is 2.12. The van der Waals surface area contributed by atoms with E-state index < -0.39 is 5.97 Å². The van der Waals surface area contributed by atoms with Crippen LogP contribution in [0.1, 0.15) is 10.5 Å². The summed E-state index contributed by atoms with van der Waals surface area (Å²) >= 11 is 0. The van der Waals surface area contributed by atoms with Gasteiger partial charge in [-0.25, -0.2) is 14.8 Å². The maximum Gasteiger partial charge on any atom is 0.358 e. The van der Waals surface area contributed by atoms with Gasteiger partial charge >= 0.3 is 5.97 Å². The largest absolute Gasteiger partial charge is 0.505 e. The molecule has 20 heavy (non-hydrogen) atoms. The molecule has 2 aromatic heterocycles. The number of anilines is 1. The summed E-state index contributed by atoms with van der Waals surface area (Å²) in [6.07, 6.45) is 1.36. The number of rotatable bonds is 2. The van der Waals surface area contributed by atoms with Crippen molar-refractivity contribution in [3.63, 3.8) is 0 Å². The summed E-state index contributed by atoms with van der Waals surface area (Å²) in [5.41, 5.74) is 0.106. The molecule has 3 heterocycles. The Labute approximate surface area is 114 Å². The zero-order valence-corrected chi connectivity index (χ0v) is 10.6. The molecule has 0 amide bonds. The molecule has 1 fully saturated rings. The average Bonchev–Trinajstić information content (AvgIpc) is 2.48. The van der Waals surface area contributed by atoms with Gasteiger partial charge in [0.15, 0.2) is 11.4 Å². The van der Waals surface area contributed by atoms with E-state index in [9.17, 15) is 9.90 Å². The Bertz CT molecular complexity index is 668. The molecular formula is C13H13N3O4. The first-order valence-electron chi connectivity index (χ1n) is 6.21. The summed E-state index contributed by atoms with van der Waals surface area (Å²) in [5, 5.41) is 19.2. The molecule has 0 unspecified atom stereocenters. The van der Waals surface area contributed by atoms with Gasteiger partial charge in [-0.05, 0) is 12.1 Å². The van der Waals surface area contributed by atoms with Gasteiger partial charge in [-0.1, -0.05) is 0 Å². The minimum absolute atomic E-state index is 0.351. The molecular weight excluding hydrogens is 262 g/mol. The van der Waals surface area contributed by atoms with E-state index >= 15 is 0 Å². The Morgan fingerprint density at radius 3 is 2.75 bits per heavy atom. The van der Waals surface area contributed by atoms with E-state index in [1.54, 1.807) is 12.1 Å². The fraction of sp³-hybridized carbons (Fsp3) is 0.308. The van der Waals surface area contributed by atoms with Crippen LogP contribution in [0.15, 0.2) is 18.3 Å². The molecule has 1 aliphatic heterocycles. The molecule has 104 valence electrons. The van der Waals surface area contributed by atoms with Crippen LogP contribution in [0.3, 0.4) is 0 Å². The Morgan fingerprint density at radius 1 is 1.30 bits per heavy atom. The van der Waals surface area contributed by atoms with Gasteiger partial charge in [0, 0.05) is 18.5 Å². The van der Waals surface area contributed by atoms with Crippen molar-refractivity contribution in [3.8, 4) is 5.75 Å². The van der Waals surface area contributed by atoms with Crippen LogP contribution in [0.25, 0.3) is 10.9 Å². The highest BCUT2D eigenvalue weighted by Crippen LogP contribution is 2.28. The number of hydrogen-bond donors (Lipinski definition) is 2. The number of carboxylic acids is 1. The van der Waals surface area contributed by atoms with E-state index in [0.717, 1.165) is 18.9 Å². The first-order valence-corrected chi connectivity index (χ1v) is 6.21. The Kier molecular flexibility index (Phi) is 3.11. The topological polar surface area (TPSA) is 95.8 Å². The van der Waals surface area contributed by atoms with Crippen molar-refractivity contribution in [3.05, 3.63) is 24.0 Å². The fourth-order valence-corrected chi connectivity index (χ4v) is 2.20. The molecule has 0 spiro atoms. The summed E-state index contributed by atoms with van der Waals surface area (Å²) in [6.45, 7) is 2.82. The quantitative estimate of drug-likeness (QED) is 0.839. The molecule has 0 bridgehead atoms. The van der Waals surface area contributed by atoms with Crippen LogP contribution < -0.4 is 4.90 Å². The third-order valence-electron chi connectivity index (χ3n) is 3.24. The number of fused-ring (bicyclic) bond motifs is 1. The first kappa shape index (κ1) is 12.6. The minimum Gasteiger partial charge on any atom is -0.505 e. The number of aromatic hydroxyl groups is 1. The van der Waals surface area contributed by atoms with Crippen LogP contribution in [-0.2, 0) is 4.74 Å². The monoisotopic (exact) mass is 275 g/mol. The van der Waals surface area contributed by atoms with Crippen LogP contribution in [0.5, 0.6) is 5.75 Å². The molecule has 0 aliphatic carbocycles. The second kappa shape index (κ2) is 4.93. The van der Waals surface area contributed by atoms with Crippen molar-refractivity contribution in [1.82, 2.24) is 9.97 Å². The molecule has 2 N–H and O–H groups in total. The van der Waals surface area contributed by atoms with Crippen molar-refractivity contribution in [2.45, 2.75) is 0 Å². The van der Waals surface area contributed by atoms with E-state index in [1.165, 1.54) is 6.20 Å². The number of hydrogen-bond acceptors (Lipinski definition) is 6. The standard InChI is InChI=1S/C13H13N3O4/c17-12-8-1-2-10(16-3-5-20-6-4-16)15-9(8)7-14-11(12)13(18)19/h1-2,7,17H,3-6H2,(H,18,19). The van der Waals surface area contributed by atoms with Crippen molar-refractivity contribution >= 4 is 22.7 Å². The number of carbonyl (C=O) groups is 1. The van der Waals surface area contributed by atoms with Crippen molar-refractivity contribution < 1.29 is 19.7 Å². The Morgan fingerprint density at radius 2 is 2.05 bits per heavy atom. The highest BCUT2D eigenvalue weighted by molar-refractivity contribution is 5.97. The van der Waals surface area contributed by atoms with Crippen LogP contribution in [0.4, 0.5) is 5.82 Å². The Balaban J connectivity index is 2.04. The van der Waals surface area contributed by atoms with E-state index in [1.807, 2.05) is 0 Å². The maximum absolute atomic E-state index is 10.9. The van der Waals surface area contributed by atoms with E-state index in [0.29, 0.717) is 24.1 Å². The van der Waals surface area contributed by atoms with Gasteiger partial charge in [-0.3, -0.25) is 0 Å². The predicted octanol–water partition coefficient (Wildman–Crippen LogP) is 0.870. The number of ether oxygens (including phenoxy) is 1. The summed E-state index contributed by atoms with van der Waals surface area (Å²) in [4.78, 5) is 21.1. The van der Waals surface area contributed by atoms with Gasteiger partial charge in [0.1, 0.15) is 5.82 Å². The number of pyridine rings is 2. The lowest BCUT2D eigenvalue weighted by molar-refractivity contribution is 0.0687. The lowest BCUT2D eigenvalue weighted by Gasteiger charge is -2.27. The van der Waals surface area contributed by atoms with E-state index in [4.69, 9.17) is 9.84 Å². The van der Waals surface area contributed by atoms with Crippen molar-refractivity contribution in [2.24, 2.45) is 0 Å². The highest BCUT2D eigenvalue weighted by Gasteiger charge is 2.17. The molecule has 0 atom stereocenters. The van der Waals surface area contributed by atoms with Gasteiger partial charge in [0.05, 0.1) is 24.9 Å². The van der Waals surface area contributed by atoms with Crippen molar-refractivity contribution in [2.75, 3.05) is 31.2 Å². The smallest absolute Gasteiger partial charge is 0.358 e. The van der Waals surface area contributed by atoms with Crippen LogP contribution in [0.2, 0.25) is 0 Å². The van der Waals surface area contributed by atoms with Crippen LogP contribution in [-0.4, -0.2) is 52.5 Å². The predicted molar refractivity (Wildman–Crippen MR) is 71.2 cm³/mol. The summed E-state index contributed by atoms with van der Waals surface area (Å²) in [7, 11) is 0. The molecule has 1 saturated heterocycles. The highest BCUT2D eigenvalue weighted by atomic mass is 16.5. The van der Waals surface area contributed by atoms with Crippen molar-refractivity contribution in [1.29, 1.82) is 0 Å². The molecule has 7 nitrogen and oxygen atoms in total. The lowest BCUT2D eigenvalue weighted by atomic mass is 10.2. The zero-order chi connectivity index (χ0) is 14.1. The maximum atomic E-state index is 10.9. The number of aromatic carboxylic acids is 1. The summed E-state index contributed by atoms with van der Waals surface area (Å²) < 4.78 is 5.28. The Hall–Kier alpha value is -2.41. The van der Waals surface area contributed by atoms with E-state index in [2.05, 4.69) is 14.9 Å². The van der Waals surface area contributed by atoms with Gasteiger partial charge in [0.25, 0.3) is 0 Å². The van der Waals surface area contributed by atoms with Gasteiger partial charge in [0.2, 0.25) is 0 Å². The molecule has 2 aromatic rings. The van der Waals surface area contributed by atoms with Gasteiger partial charge < -0.3 is 19.8 Å². The molecule has 0 radical (unpaired) electrons. The molecule has 1 aliphatic rings. The second-order valence-electron chi connectivity index (χ2n) is 4.46.